The number of aliphatic imine (C=N–C) groups is 1. The van der Waals surface area contributed by atoms with Crippen LogP contribution in [0.5, 0.6) is 5.75 Å². The number of morpholine rings is 1. The molecule has 1 aliphatic carbocycles. The highest BCUT2D eigenvalue weighted by Crippen LogP contribution is 2.47. The Morgan fingerprint density at radius 1 is 1.17 bits per heavy atom. The highest BCUT2D eigenvalue weighted by atomic mass is 127. The highest BCUT2D eigenvalue weighted by Gasteiger charge is 2.43. The lowest BCUT2D eigenvalue weighted by atomic mass is 9.68. The molecule has 2 heterocycles. The molecule has 1 aromatic carbocycles. The van der Waals surface area contributed by atoms with E-state index in [9.17, 15) is 0 Å². The van der Waals surface area contributed by atoms with Crippen molar-refractivity contribution >= 4 is 29.9 Å². The number of hydrogen-bond acceptors (Lipinski definition) is 4. The minimum atomic E-state index is 0. The third-order valence-corrected chi connectivity index (χ3v) is 6.54. The van der Waals surface area contributed by atoms with Crippen LogP contribution < -0.4 is 10.1 Å². The Morgan fingerprint density at radius 3 is 2.66 bits per heavy atom. The second-order valence-electron chi connectivity index (χ2n) is 8.34. The van der Waals surface area contributed by atoms with E-state index >= 15 is 0 Å². The van der Waals surface area contributed by atoms with Gasteiger partial charge in [0.25, 0.3) is 0 Å². The van der Waals surface area contributed by atoms with Crippen molar-refractivity contribution in [2.45, 2.75) is 32.2 Å². The Bertz CT molecular complexity index is 675. The van der Waals surface area contributed by atoms with Gasteiger partial charge in [0.05, 0.1) is 13.2 Å². The first-order valence-electron chi connectivity index (χ1n) is 10.7. The average molecular weight is 514 g/mol. The predicted octanol–water partition coefficient (Wildman–Crippen LogP) is 2.97. The van der Waals surface area contributed by atoms with Crippen LogP contribution in [-0.2, 0) is 11.3 Å². The molecule has 0 bridgehead atoms. The van der Waals surface area contributed by atoms with Gasteiger partial charge in [0.2, 0.25) is 0 Å². The van der Waals surface area contributed by atoms with Gasteiger partial charge in [0.1, 0.15) is 12.4 Å². The summed E-state index contributed by atoms with van der Waals surface area (Å²) < 4.78 is 11.5. The molecule has 1 spiro atoms. The van der Waals surface area contributed by atoms with E-state index in [0.29, 0.717) is 12.0 Å². The zero-order chi connectivity index (χ0) is 19.2. The number of para-hydroxylation sites is 1. The number of guanidine groups is 1. The van der Waals surface area contributed by atoms with Crippen LogP contribution >= 0.6 is 24.0 Å². The van der Waals surface area contributed by atoms with E-state index in [-0.39, 0.29) is 24.0 Å². The van der Waals surface area contributed by atoms with Gasteiger partial charge < -0.3 is 19.7 Å². The van der Waals surface area contributed by atoms with E-state index in [0.717, 1.165) is 64.2 Å². The van der Waals surface area contributed by atoms with Gasteiger partial charge in [0, 0.05) is 51.9 Å². The molecule has 0 radical (unpaired) electrons. The van der Waals surface area contributed by atoms with Crippen molar-refractivity contribution in [3.05, 3.63) is 29.8 Å². The summed E-state index contributed by atoms with van der Waals surface area (Å²) in [5, 5.41) is 3.56. The molecule has 2 aliphatic heterocycles. The molecular formula is C22H35IN4O2. The zero-order valence-electron chi connectivity index (χ0n) is 17.6. The third kappa shape index (κ3) is 5.76. The largest absolute Gasteiger partial charge is 0.492 e. The van der Waals surface area contributed by atoms with Gasteiger partial charge in [0.15, 0.2) is 5.96 Å². The van der Waals surface area contributed by atoms with Crippen LogP contribution in [0.3, 0.4) is 0 Å². The Kier molecular flexibility index (Phi) is 8.44. The standard InChI is InChI=1S/C22H34N4O2.HI/c1-23-21(26-10-9-22(18-26)7-4-8-22)24-17-19-5-2-3-6-20(19)28-16-13-25-11-14-27-15-12-25;/h2-3,5-6H,4,7-18H2,1H3,(H,23,24);1H. The predicted molar refractivity (Wildman–Crippen MR) is 127 cm³/mol. The van der Waals surface area contributed by atoms with E-state index in [4.69, 9.17) is 9.47 Å². The van der Waals surface area contributed by atoms with Crippen LogP contribution in [-0.4, -0.2) is 75.4 Å². The van der Waals surface area contributed by atoms with Crippen molar-refractivity contribution in [1.82, 2.24) is 15.1 Å². The number of rotatable bonds is 6. The quantitative estimate of drug-likeness (QED) is 0.360. The van der Waals surface area contributed by atoms with E-state index in [1.807, 2.05) is 13.1 Å². The normalized spacial score (nSPS) is 21.6. The Balaban J connectivity index is 0.00000240. The molecule has 4 rings (SSSR count). The van der Waals surface area contributed by atoms with Gasteiger partial charge in [-0.15, -0.1) is 24.0 Å². The lowest BCUT2D eigenvalue weighted by molar-refractivity contribution is 0.0322. The molecule has 3 aliphatic rings. The van der Waals surface area contributed by atoms with Gasteiger partial charge >= 0.3 is 0 Å². The van der Waals surface area contributed by atoms with Crippen molar-refractivity contribution in [3.63, 3.8) is 0 Å². The number of hydrogen-bond donors (Lipinski definition) is 1. The topological polar surface area (TPSA) is 49.3 Å². The van der Waals surface area contributed by atoms with Crippen molar-refractivity contribution in [2.75, 3.05) is 59.6 Å². The molecule has 162 valence electrons. The molecule has 0 amide bonds. The number of nitrogens with zero attached hydrogens (tertiary/aromatic N) is 3. The Hall–Kier alpha value is -1.06. The molecule has 1 aromatic rings. The lowest BCUT2D eigenvalue weighted by Crippen LogP contribution is -2.42. The van der Waals surface area contributed by atoms with Gasteiger partial charge in [-0.2, -0.15) is 0 Å². The SMILES string of the molecule is CN=C(NCc1ccccc1OCCN1CCOCC1)N1CCC2(CCC2)C1.I. The van der Waals surface area contributed by atoms with Crippen LogP contribution in [0.1, 0.15) is 31.2 Å². The minimum Gasteiger partial charge on any atom is -0.492 e. The summed E-state index contributed by atoms with van der Waals surface area (Å²) in [7, 11) is 1.89. The minimum absolute atomic E-state index is 0. The molecule has 6 nitrogen and oxygen atoms in total. The zero-order valence-corrected chi connectivity index (χ0v) is 19.9. The summed E-state index contributed by atoms with van der Waals surface area (Å²) in [6.45, 7) is 8.34. The van der Waals surface area contributed by atoms with Gasteiger partial charge in [-0.05, 0) is 30.7 Å². The van der Waals surface area contributed by atoms with Crippen LogP contribution in [0.15, 0.2) is 29.3 Å². The molecule has 29 heavy (non-hydrogen) atoms. The maximum absolute atomic E-state index is 6.11. The van der Waals surface area contributed by atoms with E-state index in [1.54, 1.807) is 0 Å². The van der Waals surface area contributed by atoms with Gasteiger partial charge in [-0.25, -0.2) is 0 Å². The smallest absolute Gasteiger partial charge is 0.193 e. The highest BCUT2D eigenvalue weighted by molar-refractivity contribution is 14.0. The first kappa shape index (κ1) is 22.6. The Labute approximate surface area is 192 Å². The number of likely N-dealkylation sites (tertiary alicyclic amines) is 1. The van der Waals surface area contributed by atoms with E-state index in [1.165, 1.54) is 31.2 Å². The molecule has 2 saturated heterocycles. The second kappa shape index (κ2) is 10.8. The number of nitrogens with one attached hydrogen (secondary N) is 1. The number of halogens is 1. The summed E-state index contributed by atoms with van der Waals surface area (Å²) in [5.74, 6) is 1.99. The fourth-order valence-electron chi connectivity index (χ4n) is 4.61. The average Bonchev–Trinajstić information content (AvgIpc) is 3.17. The summed E-state index contributed by atoms with van der Waals surface area (Å²) in [4.78, 5) is 9.36. The summed E-state index contributed by atoms with van der Waals surface area (Å²) in [5.41, 5.74) is 1.76. The van der Waals surface area contributed by atoms with Crippen molar-refractivity contribution in [1.29, 1.82) is 0 Å². The summed E-state index contributed by atoms with van der Waals surface area (Å²) in [6.07, 6.45) is 5.49. The van der Waals surface area contributed by atoms with E-state index < -0.39 is 0 Å². The van der Waals surface area contributed by atoms with Gasteiger partial charge in [-0.3, -0.25) is 9.89 Å². The lowest BCUT2D eigenvalue weighted by Gasteiger charge is -2.38. The molecular weight excluding hydrogens is 479 g/mol. The van der Waals surface area contributed by atoms with Crippen LogP contribution in [0, 0.1) is 5.41 Å². The maximum atomic E-state index is 6.11. The molecule has 7 heteroatoms. The van der Waals surface area contributed by atoms with E-state index in [2.05, 4.69) is 38.3 Å². The molecule has 1 N–H and O–H groups in total. The summed E-state index contributed by atoms with van der Waals surface area (Å²) in [6, 6.07) is 8.33. The fraction of sp³-hybridized carbons (Fsp3) is 0.682. The summed E-state index contributed by atoms with van der Waals surface area (Å²) >= 11 is 0. The molecule has 1 saturated carbocycles. The molecule has 0 aromatic heterocycles. The number of benzene rings is 1. The first-order valence-corrected chi connectivity index (χ1v) is 10.7. The van der Waals surface area contributed by atoms with Gasteiger partial charge in [-0.1, -0.05) is 24.6 Å². The maximum Gasteiger partial charge on any atom is 0.193 e. The van der Waals surface area contributed by atoms with Crippen molar-refractivity contribution < 1.29 is 9.47 Å². The fourth-order valence-corrected chi connectivity index (χ4v) is 4.61. The van der Waals surface area contributed by atoms with Crippen molar-refractivity contribution in [3.8, 4) is 5.75 Å². The van der Waals surface area contributed by atoms with Crippen LogP contribution in [0.25, 0.3) is 0 Å². The third-order valence-electron chi connectivity index (χ3n) is 6.54. The van der Waals surface area contributed by atoms with Crippen LogP contribution in [0.4, 0.5) is 0 Å². The molecule has 0 atom stereocenters. The number of ether oxygens (including phenoxy) is 2. The van der Waals surface area contributed by atoms with Crippen LogP contribution in [0.2, 0.25) is 0 Å². The molecule has 3 fully saturated rings. The van der Waals surface area contributed by atoms with Crippen molar-refractivity contribution in [2.24, 2.45) is 10.4 Å². The molecule has 0 unspecified atom stereocenters. The second-order valence-corrected chi connectivity index (χ2v) is 8.34. The monoisotopic (exact) mass is 514 g/mol. The first-order chi connectivity index (χ1) is 13.8. The Morgan fingerprint density at radius 2 is 1.97 bits per heavy atom.